The summed E-state index contributed by atoms with van der Waals surface area (Å²) in [6, 6.07) is 0. The van der Waals surface area contributed by atoms with Crippen LogP contribution in [-0.2, 0) is 13.0 Å². The molecule has 1 aliphatic carbocycles. The second kappa shape index (κ2) is 5.29. The Morgan fingerprint density at radius 2 is 2.24 bits per heavy atom. The summed E-state index contributed by atoms with van der Waals surface area (Å²) in [5, 5.41) is 7.97. The van der Waals surface area contributed by atoms with Crippen molar-refractivity contribution in [1.29, 1.82) is 0 Å². The summed E-state index contributed by atoms with van der Waals surface area (Å²) < 4.78 is 1.87. The van der Waals surface area contributed by atoms with Crippen molar-refractivity contribution in [1.82, 2.24) is 15.0 Å². The maximum Gasteiger partial charge on any atom is 0.271 e. The molecule has 0 spiro atoms. The molecule has 0 atom stereocenters. The van der Waals surface area contributed by atoms with Gasteiger partial charge in [-0.05, 0) is 31.6 Å². The van der Waals surface area contributed by atoms with Crippen molar-refractivity contribution in [3.05, 3.63) is 11.4 Å². The van der Waals surface area contributed by atoms with Crippen molar-refractivity contribution >= 4 is 5.91 Å². The summed E-state index contributed by atoms with van der Waals surface area (Å²) in [7, 11) is 0. The van der Waals surface area contributed by atoms with E-state index in [1.807, 2.05) is 4.68 Å². The van der Waals surface area contributed by atoms with Crippen LogP contribution in [0.4, 0.5) is 0 Å². The fraction of sp³-hybridized carbons (Fsp3) is 0.750. The van der Waals surface area contributed by atoms with E-state index < -0.39 is 5.91 Å². The number of nitrogens with two attached hydrogens (primary N) is 1. The standard InChI is InChI=1S/C12H20N4O/c1-2-3-4-7-16-10(8-9-5-6-9)11(12(13)17)14-15-16/h9H,2-8H2,1H3,(H2,13,17). The van der Waals surface area contributed by atoms with Gasteiger partial charge >= 0.3 is 0 Å². The minimum atomic E-state index is -0.456. The third-order valence-electron chi connectivity index (χ3n) is 3.22. The predicted octanol–water partition coefficient (Wildman–Crippen LogP) is 1.52. The zero-order valence-corrected chi connectivity index (χ0v) is 10.4. The largest absolute Gasteiger partial charge is 0.364 e. The quantitative estimate of drug-likeness (QED) is 0.729. The number of carbonyl (C=O) groups excluding carboxylic acids is 1. The van der Waals surface area contributed by atoms with E-state index in [0.29, 0.717) is 11.6 Å². The maximum atomic E-state index is 11.3. The number of aromatic nitrogens is 3. The Morgan fingerprint density at radius 3 is 2.82 bits per heavy atom. The first-order chi connectivity index (χ1) is 8.22. The molecule has 2 N–H and O–H groups in total. The van der Waals surface area contributed by atoms with Crippen LogP contribution < -0.4 is 5.73 Å². The number of nitrogens with zero attached hydrogens (tertiary/aromatic N) is 3. The Morgan fingerprint density at radius 1 is 1.47 bits per heavy atom. The number of hydrogen-bond donors (Lipinski definition) is 1. The van der Waals surface area contributed by atoms with Crippen molar-refractivity contribution in [3.8, 4) is 0 Å². The van der Waals surface area contributed by atoms with Gasteiger partial charge in [0.05, 0.1) is 5.69 Å². The van der Waals surface area contributed by atoms with Crippen LogP contribution in [0.2, 0.25) is 0 Å². The minimum absolute atomic E-state index is 0.369. The molecule has 0 saturated heterocycles. The number of hydrogen-bond acceptors (Lipinski definition) is 3. The highest BCUT2D eigenvalue weighted by Crippen LogP contribution is 2.33. The molecule has 1 amide bonds. The molecule has 1 saturated carbocycles. The van der Waals surface area contributed by atoms with Crippen LogP contribution >= 0.6 is 0 Å². The molecule has 0 unspecified atom stereocenters. The first-order valence-electron chi connectivity index (χ1n) is 6.44. The average molecular weight is 236 g/mol. The molecule has 0 aliphatic heterocycles. The summed E-state index contributed by atoms with van der Waals surface area (Å²) in [5.41, 5.74) is 6.63. The highest BCUT2D eigenvalue weighted by molar-refractivity contribution is 5.91. The number of unbranched alkanes of at least 4 members (excludes halogenated alkanes) is 2. The second-order valence-corrected chi connectivity index (χ2v) is 4.83. The number of carbonyl (C=O) groups is 1. The summed E-state index contributed by atoms with van der Waals surface area (Å²) >= 11 is 0. The molecule has 0 bridgehead atoms. The van der Waals surface area contributed by atoms with Gasteiger partial charge in [-0.3, -0.25) is 4.79 Å². The smallest absolute Gasteiger partial charge is 0.271 e. The van der Waals surface area contributed by atoms with Crippen LogP contribution in [-0.4, -0.2) is 20.9 Å². The zero-order valence-electron chi connectivity index (χ0n) is 10.4. The van der Waals surface area contributed by atoms with E-state index in [0.717, 1.165) is 25.1 Å². The zero-order chi connectivity index (χ0) is 12.3. The van der Waals surface area contributed by atoms with Crippen LogP contribution in [0.5, 0.6) is 0 Å². The lowest BCUT2D eigenvalue weighted by Gasteiger charge is -2.06. The molecule has 2 rings (SSSR count). The van der Waals surface area contributed by atoms with Crippen LogP contribution in [0, 0.1) is 5.92 Å². The third kappa shape index (κ3) is 3.05. The van der Waals surface area contributed by atoms with E-state index in [4.69, 9.17) is 5.73 Å². The molecule has 1 aromatic rings. The summed E-state index contributed by atoms with van der Waals surface area (Å²) in [6.07, 6.45) is 6.83. The van der Waals surface area contributed by atoms with E-state index in [1.165, 1.54) is 25.7 Å². The van der Waals surface area contributed by atoms with Crippen molar-refractivity contribution < 1.29 is 4.79 Å². The van der Waals surface area contributed by atoms with E-state index in [2.05, 4.69) is 17.2 Å². The molecule has 0 aromatic carbocycles. The van der Waals surface area contributed by atoms with Crippen LogP contribution in [0.25, 0.3) is 0 Å². The van der Waals surface area contributed by atoms with Crippen molar-refractivity contribution in [2.75, 3.05) is 0 Å². The molecule has 1 fully saturated rings. The van der Waals surface area contributed by atoms with Gasteiger partial charge in [0.15, 0.2) is 5.69 Å². The van der Waals surface area contributed by atoms with Gasteiger partial charge in [-0.2, -0.15) is 0 Å². The lowest BCUT2D eigenvalue weighted by atomic mass is 10.1. The Kier molecular flexibility index (Phi) is 3.76. The molecular weight excluding hydrogens is 216 g/mol. The highest BCUT2D eigenvalue weighted by Gasteiger charge is 2.27. The van der Waals surface area contributed by atoms with Gasteiger partial charge in [0.1, 0.15) is 0 Å². The Bertz CT molecular complexity index is 395. The predicted molar refractivity (Wildman–Crippen MR) is 64.5 cm³/mol. The minimum Gasteiger partial charge on any atom is -0.364 e. The van der Waals surface area contributed by atoms with E-state index in [9.17, 15) is 4.79 Å². The van der Waals surface area contributed by atoms with Crippen molar-refractivity contribution in [3.63, 3.8) is 0 Å². The summed E-state index contributed by atoms with van der Waals surface area (Å²) in [5.74, 6) is 0.249. The van der Waals surface area contributed by atoms with Crippen LogP contribution in [0.15, 0.2) is 0 Å². The molecule has 1 aliphatic rings. The van der Waals surface area contributed by atoms with Gasteiger partial charge in [-0.25, -0.2) is 4.68 Å². The lowest BCUT2D eigenvalue weighted by molar-refractivity contribution is 0.0994. The number of primary amides is 1. The topological polar surface area (TPSA) is 73.8 Å². The summed E-state index contributed by atoms with van der Waals surface area (Å²) in [6.45, 7) is 3.01. The molecule has 5 heteroatoms. The molecule has 0 radical (unpaired) electrons. The normalized spacial score (nSPS) is 15.1. The SMILES string of the molecule is CCCCCn1nnc(C(N)=O)c1CC1CC1. The molecule has 5 nitrogen and oxygen atoms in total. The monoisotopic (exact) mass is 236 g/mol. The first-order valence-corrected chi connectivity index (χ1v) is 6.44. The van der Waals surface area contributed by atoms with Crippen LogP contribution in [0.3, 0.4) is 0 Å². The van der Waals surface area contributed by atoms with Gasteiger partial charge in [-0.15, -0.1) is 5.10 Å². The Labute approximate surface area is 101 Å². The molecule has 1 heterocycles. The maximum absolute atomic E-state index is 11.3. The van der Waals surface area contributed by atoms with E-state index in [-0.39, 0.29) is 0 Å². The lowest BCUT2D eigenvalue weighted by Crippen LogP contribution is -2.16. The Balaban J connectivity index is 2.09. The second-order valence-electron chi connectivity index (χ2n) is 4.83. The van der Waals surface area contributed by atoms with Gasteiger partial charge in [-0.1, -0.05) is 25.0 Å². The number of amides is 1. The fourth-order valence-electron chi connectivity index (χ4n) is 2.01. The van der Waals surface area contributed by atoms with Gasteiger partial charge < -0.3 is 5.73 Å². The molecule has 94 valence electrons. The first kappa shape index (κ1) is 12.1. The van der Waals surface area contributed by atoms with Crippen molar-refractivity contribution in [2.45, 2.75) is 52.0 Å². The fourth-order valence-corrected chi connectivity index (χ4v) is 2.01. The van der Waals surface area contributed by atoms with Gasteiger partial charge in [0.25, 0.3) is 5.91 Å². The van der Waals surface area contributed by atoms with Gasteiger partial charge in [0, 0.05) is 6.54 Å². The number of aryl methyl sites for hydroxylation is 1. The molecule has 1 aromatic heterocycles. The van der Waals surface area contributed by atoms with Gasteiger partial charge in [0.2, 0.25) is 0 Å². The number of rotatable bonds is 7. The third-order valence-corrected chi connectivity index (χ3v) is 3.22. The van der Waals surface area contributed by atoms with E-state index >= 15 is 0 Å². The highest BCUT2D eigenvalue weighted by atomic mass is 16.1. The molecule has 17 heavy (non-hydrogen) atoms. The Hall–Kier alpha value is -1.39. The average Bonchev–Trinajstić information content (AvgIpc) is 3.01. The van der Waals surface area contributed by atoms with E-state index in [1.54, 1.807) is 0 Å². The summed E-state index contributed by atoms with van der Waals surface area (Å²) in [4.78, 5) is 11.3. The van der Waals surface area contributed by atoms with Crippen LogP contribution in [0.1, 0.15) is 55.2 Å². The molecular formula is C12H20N4O. The van der Waals surface area contributed by atoms with Crippen molar-refractivity contribution in [2.24, 2.45) is 11.7 Å².